The smallest absolute Gasteiger partial charge is 0.252 e. The first-order valence-electron chi connectivity index (χ1n) is 5.53. The predicted molar refractivity (Wildman–Crippen MR) is 70.3 cm³/mol. The molecule has 0 spiro atoms. The lowest BCUT2D eigenvalue weighted by Crippen LogP contribution is -2.32. The molecule has 1 saturated heterocycles. The van der Waals surface area contributed by atoms with E-state index in [2.05, 4.69) is 33.2 Å². The number of hydrogen-bond acceptors (Lipinski definition) is 2. The molecule has 16 heavy (non-hydrogen) atoms. The molecule has 3 nitrogen and oxygen atoms in total. The van der Waals surface area contributed by atoms with Crippen LogP contribution in [0.3, 0.4) is 0 Å². The molecule has 3 rings (SSSR count). The summed E-state index contributed by atoms with van der Waals surface area (Å²) in [6.07, 6.45) is 0. The van der Waals surface area contributed by atoms with Crippen LogP contribution in [0, 0.1) is 15.4 Å². The number of carbonyl (C=O) groups is 1. The maximum Gasteiger partial charge on any atom is 0.252 e. The maximum atomic E-state index is 12.0. The fourth-order valence-electron chi connectivity index (χ4n) is 2.51. The fourth-order valence-corrected chi connectivity index (χ4v) is 3.14. The third-order valence-electron chi connectivity index (χ3n) is 3.51. The zero-order valence-electron chi connectivity index (χ0n) is 8.74. The second-order valence-corrected chi connectivity index (χ2v) is 5.63. The number of halogens is 1. The van der Waals surface area contributed by atoms with Crippen LogP contribution in [-0.2, 0) is 0 Å². The fraction of sp³-hybridized carbons (Fsp3) is 0.417. The van der Waals surface area contributed by atoms with Crippen molar-refractivity contribution in [3.8, 4) is 0 Å². The number of amides is 1. The van der Waals surface area contributed by atoms with E-state index < -0.39 is 0 Å². The minimum Gasteiger partial charge on any atom is -0.349 e. The monoisotopic (exact) mass is 328 g/mol. The minimum absolute atomic E-state index is 0.0735. The minimum atomic E-state index is 0.0735. The third kappa shape index (κ3) is 1.73. The van der Waals surface area contributed by atoms with Gasteiger partial charge in [-0.2, -0.15) is 0 Å². The number of hydrogen-bond donors (Lipinski definition) is 2. The van der Waals surface area contributed by atoms with E-state index in [0.717, 1.165) is 22.2 Å². The van der Waals surface area contributed by atoms with E-state index in [1.54, 1.807) is 0 Å². The first kappa shape index (κ1) is 10.5. The summed E-state index contributed by atoms with van der Waals surface area (Å²) in [4.78, 5) is 12.0. The molecule has 1 saturated carbocycles. The van der Waals surface area contributed by atoms with Crippen molar-refractivity contribution in [3.05, 3.63) is 33.4 Å². The second kappa shape index (κ2) is 4.00. The summed E-state index contributed by atoms with van der Waals surface area (Å²) in [5, 5.41) is 6.45. The van der Waals surface area contributed by atoms with Crippen LogP contribution in [0.15, 0.2) is 24.3 Å². The highest BCUT2D eigenvalue weighted by Crippen LogP contribution is 2.41. The molecular weight excluding hydrogens is 315 g/mol. The Morgan fingerprint density at radius 2 is 2.00 bits per heavy atom. The Morgan fingerprint density at radius 3 is 2.69 bits per heavy atom. The van der Waals surface area contributed by atoms with Crippen LogP contribution in [0.5, 0.6) is 0 Å². The van der Waals surface area contributed by atoms with Gasteiger partial charge >= 0.3 is 0 Å². The van der Waals surface area contributed by atoms with Crippen LogP contribution >= 0.6 is 22.6 Å². The van der Waals surface area contributed by atoms with Gasteiger partial charge in [0.1, 0.15) is 0 Å². The molecule has 1 aromatic carbocycles. The highest BCUT2D eigenvalue weighted by Gasteiger charge is 2.53. The highest BCUT2D eigenvalue weighted by molar-refractivity contribution is 14.1. The van der Waals surface area contributed by atoms with Gasteiger partial charge in [0.05, 0.1) is 5.56 Å². The average Bonchev–Trinajstić information content (AvgIpc) is 2.75. The predicted octanol–water partition coefficient (Wildman–Crippen LogP) is 1.24. The van der Waals surface area contributed by atoms with E-state index in [1.807, 2.05) is 24.3 Å². The van der Waals surface area contributed by atoms with Crippen LogP contribution in [-0.4, -0.2) is 25.0 Å². The second-order valence-electron chi connectivity index (χ2n) is 4.47. The van der Waals surface area contributed by atoms with E-state index in [4.69, 9.17) is 0 Å². The Bertz CT molecular complexity index is 425. The number of fused-ring (bicyclic) bond motifs is 1. The van der Waals surface area contributed by atoms with Gasteiger partial charge in [0.2, 0.25) is 0 Å². The molecule has 1 heterocycles. The maximum absolute atomic E-state index is 12.0. The van der Waals surface area contributed by atoms with Crippen LogP contribution < -0.4 is 10.6 Å². The molecular formula is C12H13IN2O. The molecule has 2 unspecified atom stereocenters. The standard InChI is InChI=1S/C12H13IN2O/c13-10-4-2-1-3-7(10)12(16)15-11-8-5-14-6-9(8)11/h1-4,8-9,11,14H,5-6H2,(H,15,16). The summed E-state index contributed by atoms with van der Waals surface area (Å²) in [6.45, 7) is 2.11. The summed E-state index contributed by atoms with van der Waals surface area (Å²) < 4.78 is 1.02. The van der Waals surface area contributed by atoms with Gasteiger partial charge in [-0.1, -0.05) is 12.1 Å². The van der Waals surface area contributed by atoms with Crippen molar-refractivity contribution in [1.82, 2.24) is 10.6 Å². The number of rotatable bonds is 2. The lowest BCUT2D eigenvalue weighted by atomic mass is 10.2. The van der Waals surface area contributed by atoms with Gasteiger partial charge in [0.25, 0.3) is 5.91 Å². The molecule has 0 radical (unpaired) electrons. The summed E-state index contributed by atoms with van der Waals surface area (Å²) in [5.41, 5.74) is 0.793. The van der Waals surface area contributed by atoms with Gasteiger partial charge in [-0.3, -0.25) is 4.79 Å². The Labute approximate surface area is 108 Å². The summed E-state index contributed by atoms with van der Waals surface area (Å²) in [5.74, 6) is 1.42. The molecule has 1 aromatic rings. The Balaban J connectivity index is 1.68. The molecule has 1 aliphatic carbocycles. The molecule has 84 valence electrons. The van der Waals surface area contributed by atoms with Crippen molar-refractivity contribution in [2.24, 2.45) is 11.8 Å². The van der Waals surface area contributed by atoms with Gasteiger partial charge in [-0.15, -0.1) is 0 Å². The topological polar surface area (TPSA) is 41.1 Å². The summed E-state index contributed by atoms with van der Waals surface area (Å²) in [6, 6.07) is 8.11. The molecule has 1 aliphatic heterocycles. The molecule has 2 atom stereocenters. The Kier molecular flexibility index (Phi) is 2.63. The number of carbonyl (C=O) groups excluding carboxylic acids is 1. The lowest BCUT2D eigenvalue weighted by Gasteiger charge is -2.08. The van der Waals surface area contributed by atoms with Crippen LogP contribution in [0.25, 0.3) is 0 Å². The largest absolute Gasteiger partial charge is 0.349 e. The van der Waals surface area contributed by atoms with Crippen LogP contribution in [0.2, 0.25) is 0 Å². The zero-order chi connectivity index (χ0) is 11.1. The van der Waals surface area contributed by atoms with Crippen molar-refractivity contribution < 1.29 is 4.79 Å². The molecule has 2 N–H and O–H groups in total. The van der Waals surface area contributed by atoms with Crippen molar-refractivity contribution in [2.45, 2.75) is 6.04 Å². The van der Waals surface area contributed by atoms with Gasteiger partial charge in [0.15, 0.2) is 0 Å². The van der Waals surface area contributed by atoms with Crippen molar-refractivity contribution in [3.63, 3.8) is 0 Å². The van der Waals surface area contributed by atoms with Gasteiger partial charge in [-0.25, -0.2) is 0 Å². The Morgan fingerprint density at radius 1 is 1.31 bits per heavy atom. The third-order valence-corrected chi connectivity index (χ3v) is 4.45. The number of benzene rings is 1. The van der Waals surface area contributed by atoms with E-state index >= 15 is 0 Å². The molecule has 2 aliphatic rings. The number of piperidine rings is 1. The van der Waals surface area contributed by atoms with E-state index in [-0.39, 0.29) is 5.91 Å². The zero-order valence-corrected chi connectivity index (χ0v) is 10.9. The van der Waals surface area contributed by atoms with Crippen molar-refractivity contribution >= 4 is 28.5 Å². The first-order chi connectivity index (χ1) is 7.77. The number of nitrogens with one attached hydrogen (secondary N) is 2. The highest BCUT2D eigenvalue weighted by atomic mass is 127. The molecule has 2 fully saturated rings. The average molecular weight is 328 g/mol. The van der Waals surface area contributed by atoms with E-state index in [0.29, 0.717) is 17.9 Å². The van der Waals surface area contributed by atoms with Gasteiger partial charge in [0, 0.05) is 22.7 Å². The van der Waals surface area contributed by atoms with Gasteiger partial charge in [-0.05, 0) is 46.6 Å². The Hall–Kier alpha value is -0.620. The van der Waals surface area contributed by atoms with E-state index in [1.165, 1.54) is 0 Å². The van der Waals surface area contributed by atoms with E-state index in [9.17, 15) is 4.79 Å². The summed E-state index contributed by atoms with van der Waals surface area (Å²) in [7, 11) is 0. The van der Waals surface area contributed by atoms with Crippen LogP contribution in [0.1, 0.15) is 10.4 Å². The molecule has 0 aromatic heterocycles. The first-order valence-corrected chi connectivity index (χ1v) is 6.61. The molecule has 4 heteroatoms. The normalized spacial score (nSPS) is 30.9. The van der Waals surface area contributed by atoms with Crippen molar-refractivity contribution in [2.75, 3.05) is 13.1 Å². The molecule has 1 amide bonds. The lowest BCUT2D eigenvalue weighted by molar-refractivity contribution is 0.0945. The quantitative estimate of drug-likeness (QED) is 0.802. The van der Waals surface area contributed by atoms with Gasteiger partial charge < -0.3 is 10.6 Å². The van der Waals surface area contributed by atoms with Crippen molar-refractivity contribution in [1.29, 1.82) is 0 Å². The molecule has 0 bridgehead atoms. The van der Waals surface area contributed by atoms with Crippen LogP contribution in [0.4, 0.5) is 0 Å². The summed E-state index contributed by atoms with van der Waals surface area (Å²) >= 11 is 2.20. The SMILES string of the molecule is O=C(NC1C2CNCC21)c1ccccc1I.